The van der Waals surface area contributed by atoms with Gasteiger partial charge in [0, 0.05) is 31.5 Å². The van der Waals surface area contributed by atoms with E-state index < -0.39 is 0 Å². The summed E-state index contributed by atoms with van der Waals surface area (Å²) in [6, 6.07) is 10.3. The van der Waals surface area contributed by atoms with Gasteiger partial charge in [-0.3, -0.25) is 4.98 Å². The summed E-state index contributed by atoms with van der Waals surface area (Å²) >= 11 is 0. The van der Waals surface area contributed by atoms with Gasteiger partial charge in [0.2, 0.25) is 0 Å². The van der Waals surface area contributed by atoms with E-state index in [-0.39, 0.29) is 0 Å². The second-order valence-electron chi connectivity index (χ2n) is 5.20. The van der Waals surface area contributed by atoms with Crippen LogP contribution in [0.1, 0.15) is 25.0 Å². The van der Waals surface area contributed by atoms with Crippen molar-refractivity contribution in [2.45, 2.75) is 33.0 Å². The first-order valence-electron chi connectivity index (χ1n) is 7.11. The third kappa shape index (κ3) is 4.85. The summed E-state index contributed by atoms with van der Waals surface area (Å²) in [5.74, 6) is 1.57. The summed E-state index contributed by atoms with van der Waals surface area (Å²) < 4.78 is 11.1. The van der Waals surface area contributed by atoms with Crippen molar-refractivity contribution in [3.63, 3.8) is 0 Å². The quantitative estimate of drug-likeness (QED) is 0.845. The second kappa shape index (κ2) is 7.76. The van der Waals surface area contributed by atoms with E-state index in [9.17, 15) is 0 Å². The average molecular weight is 286 g/mol. The number of ether oxygens (including phenoxy) is 2. The maximum absolute atomic E-state index is 5.97. The van der Waals surface area contributed by atoms with Gasteiger partial charge in [0.15, 0.2) is 0 Å². The fourth-order valence-electron chi connectivity index (χ4n) is 1.95. The zero-order valence-corrected chi connectivity index (χ0v) is 12.8. The summed E-state index contributed by atoms with van der Waals surface area (Å²) in [6.07, 6.45) is 3.53. The lowest BCUT2D eigenvalue weighted by Gasteiger charge is -2.13. The molecule has 0 fully saturated rings. The van der Waals surface area contributed by atoms with E-state index in [0.717, 1.165) is 29.2 Å². The van der Waals surface area contributed by atoms with Crippen molar-refractivity contribution < 1.29 is 9.47 Å². The van der Waals surface area contributed by atoms with E-state index in [0.29, 0.717) is 12.6 Å². The molecule has 112 valence electrons. The van der Waals surface area contributed by atoms with Crippen molar-refractivity contribution in [3.05, 3.63) is 53.9 Å². The molecule has 4 heteroatoms. The lowest BCUT2D eigenvalue weighted by Crippen LogP contribution is -2.22. The number of nitrogens with one attached hydrogen (secondary N) is 1. The van der Waals surface area contributed by atoms with Gasteiger partial charge in [0.1, 0.15) is 11.5 Å². The number of methoxy groups -OCH3 is 1. The fourth-order valence-corrected chi connectivity index (χ4v) is 1.95. The van der Waals surface area contributed by atoms with Crippen LogP contribution in [0.4, 0.5) is 0 Å². The molecule has 0 amide bonds. The van der Waals surface area contributed by atoms with Crippen LogP contribution in [-0.4, -0.2) is 18.1 Å². The maximum atomic E-state index is 5.97. The first-order chi connectivity index (χ1) is 10.2. The van der Waals surface area contributed by atoms with Crippen molar-refractivity contribution in [1.29, 1.82) is 0 Å². The van der Waals surface area contributed by atoms with Gasteiger partial charge in [0.05, 0.1) is 12.8 Å². The molecule has 0 spiro atoms. The van der Waals surface area contributed by atoms with Crippen LogP contribution >= 0.6 is 0 Å². The molecule has 4 nitrogen and oxygen atoms in total. The molecular weight excluding hydrogens is 264 g/mol. The topological polar surface area (TPSA) is 43.4 Å². The standard InChI is InChI=1S/C17H22N2O2/c1-13(2)19-10-15-7-8-18-11-17(15)21-16-6-4-5-14(9-16)12-20-3/h4-9,11,13,19H,10,12H2,1-3H3. The summed E-state index contributed by atoms with van der Waals surface area (Å²) in [4.78, 5) is 4.15. The van der Waals surface area contributed by atoms with Crippen LogP contribution in [0.25, 0.3) is 0 Å². The summed E-state index contributed by atoms with van der Waals surface area (Å²) in [5.41, 5.74) is 2.18. The molecule has 0 unspecified atom stereocenters. The molecule has 0 bridgehead atoms. The van der Waals surface area contributed by atoms with E-state index in [1.54, 1.807) is 19.5 Å². The number of hydrogen-bond donors (Lipinski definition) is 1. The van der Waals surface area contributed by atoms with E-state index >= 15 is 0 Å². The molecule has 0 saturated heterocycles. The molecule has 1 aromatic heterocycles. The van der Waals surface area contributed by atoms with Gasteiger partial charge in [-0.05, 0) is 23.8 Å². The van der Waals surface area contributed by atoms with Crippen molar-refractivity contribution >= 4 is 0 Å². The molecule has 1 N–H and O–H groups in total. The number of pyridine rings is 1. The van der Waals surface area contributed by atoms with E-state index in [2.05, 4.69) is 24.1 Å². The largest absolute Gasteiger partial charge is 0.455 e. The SMILES string of the molecule is COCc1cccc(Oc2cnccc2CNC(C)C)c1. The highest BCUT2D eigenvalue weighted by Crippen LogP contribution is 2.25. The van der Waals surface area contributed by atoms with Gasteiger partial charge in [-0.15, -0.1) is 0 Å². The normalized spacial score (nSPS) is 10.9. The Kier molecular flexibility index (Phi) is 5.72. The number of aromatic nitrogens is 1. The van der Waals surface area contributed by atoms with Crippen molar-refractivity contribution in [2.75, 3.05) is 7.11 Å². The smallest absolute Gasteiger partial charge is 0.150 e. The molecule has 0 atom stereocenters. The Morgan fingerprint density at radius 2 is 2.10 bits per heavy atom. The minimum Gasteiger partial charge on any atom is -0.455 e. The predicted molar refractivity (Wildman–Crippen MR) is 83.4 cm³/mol. The third-order valence-corrected chi connectivity index (χ3v) is 3.01. The zero-order valence-electron chi connectivity index (χ0n) is 12.8. The highest BCUT2D eigenvalue weighted by atomic mass is 16.5. The van der Waals surface area contributed by atoms with Crippen molar-refractivity contribution in [3.8, 4) is 11.5 Å². The monoisotopic (exact) mass is 286 g/mol. The number of hydrogen-bond acceptors (Lipinski definition) is 4. The number of nitrogens with zero attached hydrogens (tertiary/aromatic N) is 1. The van der Waals surface area contributed by atoms with Crippen molar-refractivity contribution in [2.24, 2.45) is 0 Å². The second-order valence-corrected chi connectivity index (χ2v) is 5.20. The lowest BCUT2D eigenvalue weighted by molar-refractivity contribution is 0.184. The molecule has 1 heterocycles. The molecular formula is C17H22N2O2. The Morgan fingerprint density at radius 1 is 1.24 bits per heavy atom. The fraction of sp³-hybridized carbons (Fsp3) is 0.353. The molecule has 0 aliphatic heterocycles. The first-order valence-corrected chi connectivity index (χ1v) is 7.11. The molecule has 0 radical (unpaired) electrons. The van der Waals surface area contributed by atoms with Gasteiger partial charge < -0.3 is 14.8 Å². The van der Waals surface area contributed by atoms with Gasteiger partial charge in [0.25, 0.3) is 0 Å². The van der Waals surface area contributed by atoms with E-state index in [1.165, 1.54) is 0 Å². The van der Waals surface area contributed by atoms with Gasteiger partial charge >= 0.3 is 0 Å². The average Bonchev–Trinajstić information content (AvgIpc) is 2.47. The van der Waals surface area contributed by atoms with Gasteiger partial charge in [-0.2, -0.15) is 0 Å². The molecule has 0 aliphatic rings. The van der Waals surface area contributed by atoms with Crippen molar-refractivity contribution in [1.82, 2.24) is 10.3 Å². The minimum absolute atomic E-state index is 0.427. The van der Waals surface area contributed by atoms with Crippen LogP contribution in [0, 0.1) is 0 Å². The van der Waals surface area contributed by atoms with Crippen LogP contribution in [-0.2, 0) is 17.9 Å². The van der Waals surface area contributed by atoms with E-state index in [4.69, 9.17) is 9.47 Å². The van der Waals surface area contributed by atoms with Crippen LogP contribution in [0.15, 0.2) is 42.7 Å². The molecule has 2 rings (SSSR count). The van der Waals surface area contributed by atoms with E-state index in [1.807, 2.05) is 30.3 Å². The first kappa shape index (κ1) is 15.5. The highest BCUT2D eigenvalue weighted by Gasteiger charge is 2.06. The van der Waals surface area contributed by atoms with Crippen LogP contribution in [0.3, 0.4) is 0 Å². The lowest BCUT2D eigenvalue weighted by atomic mass is 10.2. The zero-order chi connectivity index (χ0) is 15.1. The Bertz CT molecular complexity index is 570. The van der Waals surface area contributed by atoms with Crippen LogP contribution in [0.5, 0.6) is 11.5 Å². The van der Waals surface area contributed by atoms with Crippen LogP contribution < -0.4 is 10.1 Å². The minimum atomic E-state index is 0.427. The molecule has 0 saturated carbocycles. The molecule has 1 aromatic carbocycles. The summed E-state index contributed by atoms with van der Waals surface area (Å²) in [5, 5.41) is 3.39. The highest BCUT2D eigenvalue weighted by molar-refractivity contribution is 5.37. The molecule has 2 aromatic rings. The summed E-state index contributed by atoms with van der Waals surface area (Å²) in [7, 11) is 1.68. The Balaban J connectivity index is 2.13. The molecule has 21 heavy (non-hydrogen) atoms. The number of benzene rings is 1. The Hall–Kier alpha value is -1.91. The third-order valence-electron chi connectivity index (χ3n) is 3.01. The maximum Gasteiger partial charge on any atom is 0.150 e. The van der Waals surface area contributed by atoms with Gasteiger partial charge in [-0.1, -0.05) is 26.0 Å². The van der Waals surface area contributed by atoms with Gasteiger partial charge in [-0.25, -0.2) is 0 Å². The Labute approximate surface area is 126 Å². The molecule has 0 aliphatic carbocycles. The predicted octanol–water partition coefficient (Wildman–Crippen LogP) is 3.52. The van der Waals surface area contributed by atoms with Crippen LogP contribution in [0.2, 0.25) is 0 Å². The summed E-state index contributed by atoms with van der Waals surface area (Å²) in [6.45, 7) is 5.57. The Morgan fingerprint density at radius 3 is 2.86 bits per heavy atom. The number of rotatable bonds is 7.